The molecule has 3 rings (SSSR count). The summed E-state index contributed by atoms with van der Waals surface area (Å²) >= 11 is 0. The SMILES string of the molecule is CC[C@@H](C)c1ccccc1NC(=O)CN(CC)Cc1nc2ccccc2c(=O)[nH]1. The number of H-pyrrole nitrogens is 1. The van der Waals surface area contributed by atoms with Crippen molar-refractivity contribution in [2.45, 2.75) is 39.7 Å². The summed E-state index contributed by atoms with van der Waals surface area (Å²) in [6, 6.07) is 15.2. The highest BCUT2D eigenvalue weighted by Gasteiger charge is 2.15. The first-order valence-electron chi connectivity index (χ1n) is 10.1. The quantitative estimate of drug-likeness (QED) is 0.609. The van der Waals surface area contributed by atoms with E-state index in [1.807, 2.05) is 48.2 Å². The minimum Gasteiger partial charge on any atom is -0.325 e. The second-order valence-corrected chi connectivity index (χ2v) is 7.28. The molecule has 1 aromatic heterocycles. The number of fused-ring (bicyclic) bond motifs is 1. The Hall–Kier alpha value is -2.99. The predicted octanol–water partition coefficient (Wildman–Crippen LogP) is 3.90. The van der Waals surface area contributed by atoms with Crippen molar-refractivity contribution in [2.75, 3.05) is 18.4 Å². The Labute approximate surface area is 171 Å². The molecule has 0 aliphatic heterocycles. The fourth-order valence-electron chi connectivity index (χ4n) is 3.35. The molecule has 2 aromatic carbocycles. The zero-order valence-electron chi connectivity index (χ0n) is 17.2. The number of likely N-dealkylation sites (N-methyl/N-ethyl adjacent to an activating group) is 1. The molecule has 3 aromatic rings. The lowest BCUT2D eigenvalue weighted by Crippen LogP contribution is -2.34. The van der Waals surface area contributed by atoms with Crippen LogP contribution in [0.3, 0.4) is 0 Å². The van der Waals surface area contributed by atoms with Crippen LogP contribution in [0.2, 0.25) is 0 Å². The van der Waals surface area contributed by atoms with Crippen LogP contribution in [0.25, 0.3) is 10.9 Å². The van der Waals surface area contributed by atoms with Gasteiger partial charge in [-0.1, -0.05) is 51.1 Å². The Bertz CT molecular complexity index is 1040. The van der Waals surface area contributed by atoms with Gasteiger partial charge >= 0.3 is 0 Å². The minimum absolute atomic E-state index is 0.0780. The van der Waals surface area contributed by atoms with Gasteiger partial charge in [-0.05, 0) is 42.6 Å². The molecular weight excluding hydrogens is 364 g/mol. The van der Waals surface area contributed by atoms with Gasteiger partial charge in [0.25, 0.3) is 5.56 Å². The molecule has 0 aliphatic carbocycles. The number of benzene rings is 2. The molecule has 0 unspecified atom stereocenters. The summed E-state index contributed by atoms with van der Waals surface area (Å²) in [7, 11) is 0. The van der Waals surface area contributed by atoms with E-state index >= 15 is 0 Å². The number of carbonyl (C=O) groups is 1. The third-order valence-electron chi connectivity index (χ3n) is 5.23. The van der Waals surface area contributed by atoms with Gasteiger partial charge in [-0.2, -0.15) is 0 Å². The normalized spacial score (nSPS) is 12.3. The number of para-hydroxylation sites is 2. The fourth-order valence-corrected chi connectivity index (χ4v) is 3.35. The molecule has 0 spiro atoms. The maximum atomic E-state index is 12.7. The second-order valence-electron chi connectivity index (χ2n) is 7.28. The van der Waals surface area contributed by atoms with E-state index < -0.39 is 0 Å². The van der Waals surface area contributed by atoms with Gasteiger partial charge in [0.1, 0.15) is 5.82 Å². The molecule has 2 N–H and O–H groups in total. The van der Waals surface area contributed by atoms with E-state index in [9.17, 15) is 9.59 Å². The average molecular weight is 393 g/mol. The highest BCUT2D eigenvalue weighted by Crippen LogP contribution is 2.26. The van der Waals surface area contributed by atoms with Crippen molar-refractivity contribution in [1.82, 2.24) is 14.9 Å². The van der Waals surface area contributed by atoms with Gasteiger partial charge in [-0.25, -0.2) is 4.98 Å². The lowest BCUT2D eigenvalue weighted by Gasteiger charge is -2.21. The molecule has 1 heterocycles. The summed E-state index contributed by atoms with van der Waals surface area (Å²) in [6.07, 6.45) is 1.01. The summed E-state index contributed by atoms with van der Waals surface area (Å²) in [4.78, 5) is 34.3. The summed E-state index contributed by atoms with van der Waals surface area (Å²) in [5.74, 6) is 0.856. The number of rotatable bonds is 8. The Morgan fingerprint density at radius 2 is 1.86 bits per heavy atom. The largest absolute Gasteiger partial charge is 0.325 e. The molecule has 29 heavy (non-hydrogen) atoms. The van der Waals surface area contributed by atoms with E-state index in [1.54, 1.807) is 6.07 Å². The van der Waals surface area contributed by atoms with Crippen molar-refractivity contribution in [1.29, 1.82) is 0 Å². The van der Waals surface area contributed by atoms with Crippen LogP contribution in [-0.4, -0.2) is 33.9 Å². The van der Waals surface area contributed by atoms with Crippen molar-refractivity contribution in [3.05, 3.63) is 70.3 Å². The van der Waals surface area contributed by atoms with Gasteiger partial charge in [0.05, 0.1) is 24.0 Å². The van der Waals surface area contributed by atoms with E-state index in [4.69, 9.17) is 0 Å². The second kappa shape index (κ2) is 9.47. The molecule has 0 saturated heterocycles. The highest BCUT2D eigenvalue weighted by atomic mass is 16.2. The number of aromatic amines is 1. The van der Waals surface area contributed by atoms with Gasteiger partial charge in [0.2, 0.25) is 5.91 Å². The Kier molecular flexibility index (Phi) is 6.77. The Balaban J connectivity index is 1.71. The fraction of sp³-hybridized carbons (Fsp3) is 0.348. The van der Waals surface area contributed by atoms with Crippen LogP contribution in [0.15, 0.2) is 53.3 Å². The smallest absolute Gasteiger partial charge is 0.258 e. The van der Waals surface area contributed by atoms with Gasteiger partial charge in [-0.3, -0.25) is 14.5 Å². The molecule has 1 atom stereocenters. The molecule has 0 saturated carbocycles. The van der Waals surface area contributed by atoms with Crippen LogP contribution in [0, 0.1) is 0 Å². The molecule has 6 heteroatoms. The van der Waals surface area contributed by atoms with Gasteiger partial charge in [0, 0.05) is 5.69 Å². The molecule has 0 fully saturated rings. The highest BCUT2D eigenvalue weighted by molar-refractivity contribution is 5.93. The van der Waals surface area contributed by atoms with E-state index in [0.29, 0.717) is 35.7 Å². The van der Waals surface area contributed by atoms with Crippen molar-refractivity contribution in [3.8, 4) is 0 Å². The van der Waals surface area contributed by atoms with E-state index in [-0.39, 0.29) is 18.0 Å². The molecular formula is C23H28N4O2. The Morgan fingerprint density at radius 1 is 1.14 bits per heavy atom. The third kappa shape index (κ3) is 5.09. The number of nitrogens with one attached hydrogen (secondary N) is 2. The minimum atomic E-state index is -0.159. The van der Waals surface area contributed by atoms with Crippen LogP contribution >= 0.6 is 0 Å². The first kappa shape index (κ1) is 20.7. The van der Waals surface area contributed by atoms with Crippen LogP contribution in [0.5, 0.6) is 0 Å². The van der Waals surface area contributed by atoms with E-state index in [1.165, 1.54) is 0 Å². The molecule has 1 amide bonds. The van der Waals surface area contributed by atoms with Gasteiger partial charge in [-0.15, -0.1) is 0 Å². The van der Waals surface area contributed by atoms with Crippen molar-refractivity contribution >= 4 is 22.5 Å². The van der Waals surface area contributed by atoms with E-state index in [0.717, 1.165) is 17.7 Å². The molecule has 152 valence electrons. The number of carbonyl (C=O) groups excluding carboxylic acids is 1. The summed E-state index contributed by atoms with van der Waals surface area (Å²) < 4.78 is 0. The number of hydrogen-bond donors (Lipinski definition) is 2. The lowest BCUT2D eigenvalue weighted by atomic mass is 9.97. The van der Waals surface area contributed by atoms with Crippen LogP contribution < -0.4 is 10.9 Å². The molecule has 0 bridgehead atoms. The standard InChI is InChI=1S/C23H28N4O2/c1-4-16(3)17-10-6-8-12-19(17)25-22(28)15-27(5-2)14-21-24-20-13-9-7-11-18(20)23(29)26-21/h6-13,16H,4-5,14-15H2,1-3H3,(H,25,28)(H,24,26,29)/t16-/m1/s1. The molecule has 0 radical (unpaired) electrons. The zero-order valence-corrected chi connectivity index (χ0v) is 17.2. The summed E-state index contributed by atoms with van der Waals surface area (Å²) in [5, 5.41) is 3.61. The van der Waals surface area contributed by atoms with Gasteiger partial charge < -0.3 is 10.3 Å². The van der Waals surface area contributed by atoms with Crippen LogP contribution in [0.1, 0.15) is 44.5 Å². The molecule has 6 nitrogen and oxygen atoms in total. The first-order chi connectivity index (χ1) is 14.0. The Morgan fingerprint density at radius 3 is 2.62 bits per heavy atom. The van der Waals surface area contributed by atoms with Crippen molar-refractivity contribution < 1.29 is 4.79 Å². The van der Waals surface area contributed by atoms with Crippen molar-refractivity contribution in [3.63, 3.8) is 0 Å². The number of nitrogens with zero attached hydrogens (tertiary/aromatic N) is 2. The number of anilines is 1. The predicted molar refractivity (Wildman–Crippen MR) is 117 cm³/mol. The van der Waals surface area contributed by atoms with E-state index in [2.05, 4.69) is 35.2 Å². The van der Waals surface area contributed by atoms with Crippen LogP contribution in [-0.2, 0) is 11.3 Å². The summed E-state index contributed by atoms with van der Waals surface area (Å²) in [5.41, 5.74) is 2.51. The lowest BCUT2D eigenvalue weighted by molar-refractivity contribution is -0.117. The molecule has 0 aliphatic rings. The number of aromatic nitrogens is 2. The maximum Gasteiger partial charge on any atom is 0.258 e. The zero-order chi connectivity index (χ0) is 20.8. The summed E-state index contributed by atoms with van der Waals surface area (Å²) in [6.45, 7) is 7.57. The first-order valence-corrected chi connectivity index (χ1v) is 10.1. The topological polar surface area (TPSA) is 78.1 Å². The van der Waals surface area contributed by atoms with Gasteiger partial charge in [0.15, 0.2) is 0 Å². The maximum absolute atomic E-state index is 12.7. The monoisotopic (exact) mass is 392 g/mol. The van der Waals surface area contributed by atoms with Crippen LogP contribution in [0.4, 0.5) is 5.69 Å². The third-order valence-corrected chi connectivity index (χ3v) is 5.23. The number of amides is 1. The van der Waals surface area contributed by atoms with Crippen molar-refractivity contribution in [2.24, 2.45) is 0 Å². The average Bonchev–Trinajstić information content (AvgIpc) is 2.73. The number of hydrogen-bond acceptors (Lipinski definition) is 4.